The molecule has 1 saturated heterocycles. The number of nitrogens with two attached hydrogens (primary N) is 1. The molecule has 2 fully saturated rings. The van der Waals surface area contributed by atoms with Gasteiger partial charge in [0.15, 0.2) is 0 Å². The van der Waals surface area contributed by atoms with Gasteiger partial charge in [-0.15, -0.1) is 0 Å². The second kappa shape index (κ2) is 6.17. The molecule has 1 heterocycles. The molecule has 1 unspecified atom stereocenters. The number of ether oxygens (including phenoxy) is 2. The molecule has 3 heteroatoms. The van der Waals surface area contributed by atoms with Crippen LogP contribution in [0.1, 0.15) is 51.4 Å². The van der Waals surface area contributed by atoms with Crippen molar-refractivity contribution in [3.05, 3.63) is 0 Å². The fourth-order valence-electron chi connectivity index (χ4n) is 3.51. The molecule has 0 aromatic carbocycles. The van der Waals surface area contributed by atoms with Crippen LogP contribution in [0.3, 0.4) is 0 Å². The molecule has 0 bridgehead atoms. The lowest BCUT2D eigenvalue weighted by molar-refractivity contribution is -0.0707. The summed E-state index contributed by atoms with van der Waals surface area (Å²) in [4.78, 5) is 0. The van der Waals surface area contributed by atoms with E-state index in [9.17, 15) is 0 Å². The lowest BCUT2D eigenvalue weighted by atomic mass is 9.77. The van der Waals surface area contributed by atoms with E-state index in [-0.39, 0.29) is 11.6 Å². The van der Waals surface area contributed by atoms with Crippen LogP contribution in [0.15, 0.2) is 0 Å². The highest BCUT2D eigenvalue weighted by Crippen LogP contribution is 2.37. The van der Waals surface area contributed by atoms with Crippen LogP contribution in [0, 0.1) is 5.92 Å². The van der Waals surface area contributed by atoms with E-state index in [1.54, 1.807) is 0 Å². The Kier molecular flexibility index (Phi) is 4.83. The molecule has 2 N–H and O–H groups in total. The predicted molar refractivity (Wildman–Crippen MR) is 69.0 cm³/mol. The minimum atomic E-state index is -0.0570. The van der Waals surface area contributed by atoms with Gasteiger partial charge in [-0.2, -0.15) is 0 Å². The zero-order chi connectivity index (χ0) is 12.1. The number of hydrogen-bond donors (Lipinski definition) is 1. The van der Waals surface area contributed by atoms with E-state index in [1.165, 1.54) is 25.7 Å². The normalized spacial score (nSPS) is 28.6. The van der Waals surface area contributed by atoms with Crippen LogP contribution < -0.4 is 5.73 Å². The molecule has 0 aromatic heterocycles. The van der Waals surface area contributed by atoms with Crippen molar-refractivity contribution in [3.8, 4) is 0 Å². The molecule has 1 aliphatic carbocycles. The standard InChI is InChI=1S/C14H27NO2/c1-16-14(8-4-2-3-5-9-14)13(15)12-6-10-17-11-7-12/h12-13H,2-11,15H2,1H3. The fraction of sp³-hybridized carbons (Fsp3) is 1.00. The highest BCUT2D eigenvalue weighted by atomic mass is 16.5. The average Bonchev–Trinajstić information content (AvgIpc) is 2.65. The van der Waals surface area contributed by atoms with Crippen LogP contribution in [0.25, 0.3) is 0 Å². The Bertz CT molecular complexity index is 218. The summed E-state index contributed by atoms with van der Waals surface area (Å²) in [5, 5.41) is 0. The van der Waals surface area contributed by atoms with Crippen molar-refractivity contribution in [1.29, 1.82) is 0 Å². The van der Waals surface area contributed by atoms with Gasteiger partial charge in [0.25, 0.3) is 0 Å². The van der Waals surface area contributed by atoms with E-state index in [4.69, 9.17) is 15.2 Å². The quantitative estimate of drug-likeness (QED) is 0.772. The van der Waals surface area contributed by atoms with Gasteiger partial charge in [-0.1, -0.05) is 25.7 Å². The molecule has 0 amide bonds. The van der Waals surface area contributed by atoms with Gasteiger partial charge < -0.3 is 15.2 Å². The first-order valence-electron chi connectivity index (χ1n) is 7.17. The first-order valence-corrected chi connectivity index (χ1v) is 7.17. The molecule has 17 heavy (non-hydrogen) atoms. The zero-order valence-corrected chi connectivity index (χ0v) is 11.1. The molecule has 3 nitrogen and oxygen atoms in total. The van der Waals surface area contributed by atoms with Crippen LogP contribution in [-0.2, 0) is 9.47 Å². The monoisotopic (exact) mass is 241 g/mol. The van der Waals surface area contributed by atoms with E-state index >= 15 is 0 Å². The van der Waals surface area contributed by atoms with Crippen LogP contribution in [0.4, 0.5) is 0 Å². The third-order valence-electron chi connectivity index (χ3n) is 4.74. The van der Waals surface area contributed by atoms with E-state index in [0.29, 0.717) is 5.92 Å². The van der Waals surface area contributed by atoms with Crippen LogP contribution in [-0.4, -0.2) is 32.0 Å². The van der Waals surface area contributed by atoms with E-state index < -0.39 is 0 Å². The van der Waals surface area contributed by atoms with Crippen molar-refractivity contribution >= 4 is 0 Å². The van der Waals surface area contributed by atoms with Gasteiger partial charge in [0.1, 0.15) is 0 Å². The molecular formula is C14H27NO2. The average molecular weight is 241 g/mol. The van der Waals surface area contributed by atoms with Crippen molar-refractivity contribution in [3.63, 3.8) is 0 Å². The van der Waals surface area contributed by atoms with Gasteiger partial charge in [-0.05, 0) is 31.6 Å². The minimum Gasteiger partial charge on any atom is -0.381 e. The van der Waals surface area contributed by atoms with Crippen molar-refractivity contribution < 1.29 is 9.47 Å². The molecule has 2 rings (SSSR count). The second-order valence-electron chi connectivity index (χ2n) is 5.66. The van der Waals surface area contributed by atoms with Crippen molar-refractivity contribution in [2.75, 3.05) is 20.3 Å². The maximum absolute atomic E-state index is 6.56. The molecule has 2 aliphatic rings. The number of methoxy groups -OCH3 is 1. The lowest BCUT2D eigenvalue weighted by Crippen LogP contribution is -2.54. The Balaban J connectivity index is 2.03. The summed E-state index contributed by atoms with van der Waals surface area (Å²) in [6, 6.07) is 0.189. The summed E-state index contributed by atoms with van der Waals surface area (Å²) in [5.41, 5.74) is 6.50. The van der Waals surface area contributed by atoms with Gasteiger partial charge in [-0.25, -0.2) is 0 Å². The number of rotatable bonds is 3. The predicted octanol–water partition coefficient (Wildman–Crippen LogP) is 2.48. The van der Waals surface area contributed by atoms with E-state index in [0.717, 1.165) is 38.9 Å². The van der Waals surface area contributed by atoms with Gasteiger partial charge in [0.2, 0.25) is 0 Å². The van der Waals surface area contributed by atoms with Crippen molar-refractivity contribution in [2.45, 2.75) is 63.0 Å². The maximum atomic E-state index is 6.56. The van der Waals surface area contributed by atoms with Crippen LogP contribution >= 0.6 is 0 Å². The third-order valence-corrected chi connectivity index (χ3v) is 4.74. The highest BCUT2D eigenvalue weighted by Gasteiger charge is 2.41. The third kappa shape index (κ3) is 3.01. The topological polar surface area (TPSA) is 44.5 Å². The maximum Gasteiger partial charge on any atom is 0.0831 e. The van der Waals surface area contributed by atoms with Crippen molar-refractivity contribution in [1.82, 2.24) is 0 Å². The molecular weight excluding hydrogens is 214 g/mol. The van der Waals surface area contributed by atoms with E-state index in [1.807, 2.05) is 7.11 Å². The highest BCUT2D eigenvalue weighted by molar-refractivity contribution is 4.96. The SMILES string of the molecule is COC1(C(N)C2CCOCC2)CCCCCC1. The number of hydrogen-bond acceptors (Lipinski definition) is 3. The summed E-state index contributed by atoms with van der Waals surface area (Å²) >= 11 is 0. The van der Waals surface area contributed by atoms with Gasteiger partial charge in [0.05, 0.1) is 5.60 Å². The molecule has 100 valence electrons. The Morgan fingerprint density at radius 3 is 2.24 bits per heavy atom. The van der Waals surface area contributed by atoms with Gasteiger partial charge in [-0.3, -0.25) is 0 Å². The second-order valence-corrected chi connectivity index (χ2v) is 5.66. The largest absolute Gasteiger partial charge is 0.381 e. The Labute approximate surface area is 105 Å². The minimum absolute atomic E-state index is 0.0570. The Hall–Kier alpha value is -0.120. The van der Waals surface area contributed by atoms with E-state index in [2.05, 4.69) is 0 Å². The van der Waals surface area contributed by atoms with Crippen molar-refractivity contribution in [2.24, 2.45) is 11.7 Å². The van der Waals surface area contributed by atoms with Gasteiger partial charge in [0, 0.05) is 26.4 Å². The fourth-order valence-corrected chi connectivity index (χ4v) is 3.51. The molecule has 0 spiro atoms. The molecule has 1 aliphatic heterocycles. The first-order chi connectivity index (χ1) is 8.28. The van der Waals surface area contributed by atoms with Crippen LogP contribution in [0.2, 0.25) is 0 Å². The summed E-state index contributed by atoms with van der Waals surface area (Å²) in [6.45, 7) is 1.75. The zero-order valence-electron chi connectivity index (χ0n) is 11.1. The first kappa shape index (κ1) is 13.3. The summed E-state index contributed by atoms with van der Waals surface area (Å²) in [7, 11) is 1.85. The molecule has 1 saturated carbocycles. The molecule has 0 aromatic rings. The molecule has 0 radical (unpaired) electrons. The summed E-state index contributed by atoms with van der Waals surface area (Å²) < 4.78 is 11.3. The lowest BCUT2D eigenvalue weighted by Gasteiger charge is -2.42. The van der Waals surface area contributed by atoms with Gasteiger partial charge >= 0.3 is 0 Å². The van der Waals surface area contributed by atoms with Crippen LogP contribution in [0.5, 0.6) is 0 Å². The Morgan fingerprint density at radius 2 is 1.71 bits per heavy atom. The summed E-state index contributed by atoms with van der Waals surface area (Å²) in [5.74, 6) is 0.585. The smallest absolute Gasteiger partial charge is 0.0831 e. The molecule has 1 atom stereocenters. The Morgan fingerprint density at radius 1 is 1.12 bits per heavy atom. The summed E-state index contributed by atoms with van der Waals surface area (Å²) in [6.07, 6.45) is 9.70.